The molecule has 1 N–H and O–H groups in total. The maximum atomic E-state index is 8.81. The maximum Gasteiger partial charge on any atom is 0.154 e. The van der Waals surface area contributed by atoms with Crippen LogP contribution in [-0.4, -0.2) is 67.0 Å². The van der Waals surface area contributed by atoms with Crippen molar-refractivity contribution in [2.24, 2.45) is 0 Å². The monoisotopic (exact) mass is 323 g/mol. The highest BCUT2D eigenvalue weighted by atomic mass is 16.5. The molecule has 0 aromatic carbocycles. The van der Waals surface area contributed by atoms with Gasteiger partial charge in [-0.05, 0) is 25.7 Å². The number of nitrogens with zero attached hydrogens (tertiary/aromatic N) is 3. The molecule has 2 heterocycles. The Morgan fingerprint density at radius 3 is 2.70 bits per heavy atom. The van der Waals surface area contributed by atoms with E-state index in [0.717, 1.165) is 44.6 Å². The third-order valence-corrected chi connectivity index (χ3v) is 4.51. The summed E-state index contributed by atoms with van der Waals surface area (Å²) in [6.07, 6.45) is 6.69. The van der Waals surface area contributed by atoms with E-state index >= 15 is 0 Å². The lowest BCUT2D eigenvalue weighted by molar-refractivity contribution is -0.119. The average Bonchev–Trinajstić information content (AvgIpc) is 2.56. The number of methoxy groups -OCH3 is 1. The van der Waals surface area contributed by atoms with Gasteiger partial charge in [-0.15, -0.1) is 5.10 Å². The van der Waals surface area contributed by atoms with E-state index in [4.69, 9.17) is 19.3 Å². The Balaban J connectivity index is 1.45. The quantitative estimate of drug-likeness (QED) is 0.802. The number of ether oxygens (including phenoxy) is 3. The first-order valence-corrected chi connectivity index (χ1v) is 8.28. The molecular weight excluding hydrogens is 298 g/mol. The molecule has 3 rings (SSSR count). The minimum absolute atomic E-state index is 0.00845. The van der Waals surface area contributed by atoms with E-state index < -0.39 is 0 Å². The summed E-state index contributed by atoms with van der Waals surface area (Å²) in [6, 6.07) is 1.87. The van der Waals surface area contributed by atoms with Crippen LogP contribution in [0.5, 0.6) is 5.75 Å². The second kappa shape index (κ2) is 7.90. The molecule has 0 unspecified atom stereocenters. The molecule has 1 aliphatic heterocycles. The summed E-state index contributed by atoms with van der Waals surface area (Å²) >= 11 is 0. The molecule has 2 fully saturated rings. The molecule has 0 bridgehead atoms. The molecule has 1 saturated heterocycles. The predicted octanol–water partition coefficient (Wildman–Crippen LogP) is 1.01. The van der Waals surface area contributed by atoms with Gasteiger partial charge in [-0.1, -0.05) is 0 Å². The van der Waals surface area contributed by atoms with Crippen molar-refractivity contribution < 1.29 is 19.3 Å². The first kappa shape index (κ1) is 16.4. The van der Waals surface area contributed by atoms with Gasteiger partial charge in [0.25, 0.3) is 0 Å². The minimum Gasteiger partial charge on any atom is -0.489 e. The molecule has 1 saturated carbocycles. The van der Waals surface area contributed by atoms with Crippen LogP contribution in [-0.2, 0) is 9.47 Å². The van der Waals surface area contributed by atoms with Crippen LogP contribution < -0.4 is 9.64 Å². The Kier molecular flexibility index (Phi) is 5.64. The molecule has 0 spiro atoms. The smallest absolute Gasteiger partial charge is 0.154 e. The number of piperidine rings is 1. The fourth-order valence-corrected chi connectivity index (χ4v) is 3.05. The minimum atomic E-state index is -0.00845. The van der Waals surface area contributed by atoms with Gasteiger partial charge in [-0.3, -0.25) is 0 Å². The first-order valence-electron chi connectivity index (χ1n) is 8.28. The number of rotatable bonds is 7. The van der Waals surface area contributed by atoms with Gasteiger partial charge >= 0.3 is 0 Å². The molecule has 2 aliphatic rings. The van der Waals surface area contributed by atoms with Crippen molar-refractivity contribution in [3.8, 4) is 5.75 Å². The fraction of sp³-hybridized carbons (Fsp3) is 0.750. The zero-order chi connectivity index (χ0) is 16.1. The summed E-state index contributed by atoms with van der Waals surface area (Å²) < 4.78 is 16.8. The molecule has 1 aromatic heterocycles. The van der Waals surface area contributed by atoms with Crippen molar-refractivity contribution in [2.45, 2.75) is 44.0 Å². The van der Waals surface area contributed by atoms with Crippen LogP contribution in [0.2, 0.25) is 0 Å². The lowest BCUT2D eigenvalue weighted by Gasteiger charge is -2.39. The van der Waals surface area contributed by atoms with E-state index in [9.17, 15) is 0 Å². The van der Waals surface area contributed by atoms with E-state index in [1.54, 1.807) is 13.3 Å². The van der Waals surface area contributed by atoms with Gasteiger partial charge in [0, 0.05) is 26.3 Å². The average molecular weight is 323 g/mol. The SMILES string of the molecule is COC1CC(OC2CCN(c3cc(OCCO)cnn3)CC2)C1. The summed E-state index contributed by atoms with van der Waals surface area (Å²) in [5, 5.41) is 17.0. The third kappa shape index (κ3) is 4.31. The van der Waals surface area contributed by atoms with Crippen LogP contribution in [0.3, 0.4) is 0 Å². The zero-order valence-electron chi connectivity index (χ0n) is 13.6. The Bertz CT molecular complexity index is 488. The molecule has 7 heteroatoms. The second-order valence-corrected chi connectivity index (χ2v) is 6.10. The summed E-state index contributed by atoms with van der Waals surface area (Å²) in [4.78, 5) is 2.21. The molecule has 7 nitrogen and oxygen atoms in total. The lowest BCUT2D eigenvalue weighted by Crippen LogP contribution is -2.43. The van der Waals surface area contributed by atoms with Gasteiger partial charge in [0.2, 0.25) is 0 Å². The van der Waals surface area contributed by atoms with Crippen molar-refractivity contribution in [3.63, 3.8) is 0 Å². The molecule has 0 radical (unpaired) electrons. The summed E-state index contributed by atoms with van der Waals surface area (Å²) in [5.41, 5.74) is 0. The van der Waals surface area contributed by atoms with E-state index in [0.29, 0.717) is 24.1 Å². The zero-order valence-corrected chi connectivity index (χ0v) is 13.6. The van der Waals surface area contributed by atoms with E-state index in [-0.39, 0.29) is 13.2 Å². The van der Waals surface area contributed by atoms with Crippen molar-refractivity contribution in [2.75, 3.05) is 38.3 Å². The number of anilines is 1. The van der Waals surface area contributed by atoms with E-state index in [2.05, 4.69) is 15.1 Å². The van der Waals surface area contributed by atoms with Gasteiger partial charge in [0.1, 0.15) is 12.4 Å². The molecule has 0 amide bonds. The van der Waals surface area contributed by atoms with E-state index in [1.165, 1.54) is 0 Å². The molecule has 1 aliphatic carbocycles. The molecular formula is C16H25N3O4. The highest BCUT2D eigenvalue weighted by Crippen LogP contribution is 2.30. The normalized spacial score (nSPS) is 25.2. The number of hydrogen-bond donors (Lipinski definition) is 1. The number of aliphatic hydroxyl groups is 1. The summed E-state index contributed by atoms with van der Waals surface area (Å²) in [6.45, 7) is 2.07. The fourth-order valence-electron chi connectivity index (χ4n) is 3.05. The van der Waals surface area contributed by atoms with Gasteiger partial charge < -0.3 is 24.2 Å². The Morgan fingerprint density at radius 2 is 2.00 bits per heavy atom. The van der Waals surface area contributed by atoms with Crippen LogP contribution in [0.25, 0.3) is 0 Å². The predicted molar refractivity (Wildman–Crippen MR) is 84.8 cm³/mol. The highest BCUT2D eigenvalue weighted by Gasteiger charge is 2.33. The standard InChI is InChI=1S/C16H25N3O4/c1-21-13-8-14(9-13)23-12-2-4-19(5-3-12)16-10-15(11-17-18-16)22-7-6-20/h10-14,20H,2-9H2,1H3. The first-order chi connectivity index (χ1) is 11.3. The molecule has 0 atom stereocenters. The van der Waals surface area contributed by atoms with Crippen LogP contribution in [0.1, 0.15) is 25.7 Å². The summed E-state index contributed by atoms with van der Waals surface area (Å²) in [7, 11) is 1.76. The Morgan fingerprint density at radius 1 is 1.22 bits per heavy atom. The summed E-state index contributed by atoms with van der Waals surface area (Å²) in [5.74, 6) is 1.46. The topological polar surface area (TPSA) is 76.9 Å². The van der Waals surface area contributed by atoms with Crippen LogP contribution in [0.15, 0.2) is 12.3 Å². The number of hydrogen-bond acceptors (Lipinski definition) is 7. The Labute approximate surface area is 136 Å². The van der Waals surface area contributed by atoms with Crippen molar-refractivity contribution in [3.05, 3.63) is 12.3 Å². The van der Waals surface area contributed by atoms with Crippen molar-refractivity contribution in [1.29, 1.82) is 0 Å². The van der Waals surface area contributed by atoms with Crippen LogP contribution in [0.4, 0.5) is 5.82 Å². The number of aliphatic hydroxyl groups excluding tert-OH is 1. The maximum absolute atomic E-state index is 8.81. The number of aromatic nitrogens is 2. The lowest BCUT2D eigenvalue weighted by atomic mass is 9.91. The van der Waals surface area contributed by atoms with E-state index in [1.807, 2.05) is 6.07 Å². The van der Waals surface area contributed by atoms with Crippen LogP contribution >= 0.6 is 0 Å². The molecule has 1 aromatic rings. The van der Waals surface area contributed by atoms with Crippen LogP contribution in [0, 0.1) is 0 Å². The van der Waals surface area contributed by atoms with Crippen molar-refractivity contribution in [1.82, 2.24) is 10.2 Å². The van der Waals surface area contributed by atoms with Crippen molar-refractivity contribution >= 4 is 5.82 Å². The third-order valence-electron chi connectivity index (χ3n) is 4.51. The Hall–Kier alpha value is -1.44. The van der Waals surface area contributed by atoms with Gasteiger partial charge in [0.15, 0.2) is 5.82 Å². The van der Waals surface area contributed by atoms with Gasteiger partial charge in [-0.25, -0.2) is 0 Å². The van der Waals surface area contributed by atoms with Gasteiger partial charge in [0.05, 0.1) is 31.1 Å². The highest BCUT2D eigenvalue weighted by molar-refractivity contribution is 5.42. The molecule has 128 valence electrons. The second-order valence-electron chi connectivity index (χ2n) is 6.10. The van der Waals surface area contributed by atoms with Gasteiger partial charge in [-0.2, -0.15) is 5.10 Å². The largest absolute Gasteiger partial charge is 0.489 e. The molecule has 23 heavy (non-hydrogen) atoms.